The Labute approximate surface area is 123 Å². The van der Waals surface area contributed by atoms with Crippen LogP contribution in [0, 0.1) is 5.92 Å². The molecule has 1 rings (SSSR count). The van der Waals surface area contributed by atoms with Crippen LogP contribution in [0.4, 0.5) is 0 Å². The number of carbonyl (C=O) groups excluding carboxylic acids is 1. The van der Waals surface area contributed by atoms with Gasteiger partial charge in [-0.2, -0.15) is 0 Å². The van der Waals surface area contributed by atoms with Gasteiger partial charge in [0.15, 0.2) is 0 Å². The number of carboxylic acid groups (broad SMARTS) is 2. The van der Waals surface area contributed by atoms with Crippen LogP contribution >= 0.6 is 0 Å². The van der Waals surface area contributed by atoms with Crippen molar-refractivity contribution in [2.75, 3.05) is 0 Å². The molecule has 0 aliphatic heterocycles. The normalized spacial score (nSPS) is 26.9. The summed E-state index contributed by atoms with van der Waals surface area (Å²) in [4.78, 5) is 34.0. The number of amides is 1. The quantitative estimate of drug-likeness (QED) is 0.548. The third-order valence-electron chi connectivity index (χ3n) is 4.31. The van der Waals surface area contributed by atoms with Crippen molar-refractivity contribution in [1.29, 1.82) is 0 Å². The number of rotatable bonds is 7. The maximum absolute atomic E-state index is 12.0. The molecule has 21 heavy (non-hydrogen) atoms. The second kappa shape index (κ2) is 7.40. The zero-order valence-corrected chi connectivity index (χ0v) is 12.3. The van der Waals surface area contributed by atoms with E-state index >= 15 is 0 Å². The lowest BCUT2D eigenvalue weighted by molar-refractivity contribution is -0.150. The standard InChI is InChI=1S/C14H24N2O5/c1-2-9-5-7-14(8-6-9,13(20)21)16-12(19)10(15)3-4-11(17)18/h9-10H,2-8,15H2,1H3,(H,16,19)(H,17,18)(H,20,21). The maximum atomic E-state index is 12.0. The van der Waals surface area contributed by atoms with E-state index in [2.05, 4.69) is 12.2 Å². The van der Waals surface area contributed by atoms with Crippen molar-refractivity contribution in [3.63, 3.8) is 0 Å². The van der Waals surface area contributed by atoms with E-state index in [4.69, 9.17) is 10.8 Å². The van der Waals surface area contributed by atoms with Gasteiger partial charge in [-0.3, -0.25) is 9.59 Å². The molecule has 0 aromatic heterocycles. The van der Waals surface area contributed by atoms with Gasteiger partial charge in [-0.25, -0.2) is 4.79 Å². The highest BCUT2D eigenvalue weighted by atomic mass is 16.4. The smallest absolute Gasteiger partial charge is 0.329 e. The van der Waals surface area contributed by atoms with E-state index in [1.54, 1.807) is 0 Å². The summed E-state index contributed by atoms with van der Waals surface area (Å²) in [6.45, 7) is 2.07. The number of hydrogen-bond acceptors (Lipinski definition) is 4. The zero-order valence-electron chi connectivity index (χ0n) is 12.3. The Hall–Kier alpha value is -1.63. The van der Waals surface area contributed by atoms with E-state index in [1.807, 2.05) is 0 Å². The number of nitrogens with one attached hydrogen (secondary N) is 1. The Bertz CT molecular complexity index is 402. The van der Waals surface area contributed by atoms with Crippen LogP contribution in [-0.4, -0.2) is 39.6 Å². The van der Waals surface area contributed by atoms with Gasteiger partial charge >= 0.3 is 11.9 Å². The number of carbonyl (C=O) groups is 3. The molecule has 1 amide bonds. The van der Waals surface area contributed by atoms with E-state index in [0.717, 1.165) is 19.3 Å². The summed E-state index contributed by atoms with van der Waals surface area (Å²) in [5.74, 6) is -2.17. The first-order valence-electron chi connectivity index (χ1n) is 7.33. The van der Waals surface area contributed by atoms with E-state index in [9.17, 15) is 19.5 Å². The van der Waals surface area contributed by atoms with E-state index in [0.29, 0.717) is 18.8 Å². The van der Waals surface area contributed by atoms with Crippen molar-refractivity contribution in [1.82, 2.24) is 5.32 Å². The average Bonchev–Trinajstić information content (AvgIpc) is 2.45. The largest absolute Gasteiger partial charge is 0.481 e. The summed E-state index contributed by atoms with van der Waals surface area (Å²) < 4.78 is 0. The molecule has 0 saturated heterocycles. The van der Waals surface area contributed by atoms with E-state index in [-0.39, 0.29) is 12.8 Å². The Kier molecular flexibility index (Phi) is 6.14. The molecule has 0 radical (unpaired) electrons. The minimum Gasteiger partial charge on any atom is -0.481 e. The third-order valence-corrected chi connectivity index (χ3v) is 4.31. The van der Waals surface area contributed by atoms with Gasteiger partial charge in [0, 0.05) is 6.42 Å². The first kappa shape index (κ1) is 17.4. The lowest BCUT2D eigenvalue weighted by Gasteiger charge is -2.37. The van der Waals surface area contributed by atoms with Gasteiger partial charge in [0.25, 0.3) is 0 Å². The molecule has 1 atom stereocenters. The number of carboxylic acids is 2. The van der Waals surface area contributed by atoms with Gasteiger partial charge in [0.2, 0.25) is 5.91 Å². The molecule has 0 heterocycles. The molecule has 120 valence electrons. The number of nitrogens with two attached hydrogens (primary N) is 1. The molecular weight excluding hydrogens is 276 g/mol. The van der Waals surface area contributed by atoms with Crippen LogP contribution in [0.15, 0.2) is 0 Å². The summed E-state index contributed by atoms with van der Waals surface area (Å²) in [6, 6.07) is -0.999. The molecule has 0 aromatic carbocycles. The molecular formula is C14H24N2O5. The van der Waals surface area contributed by atoms with Crippen molar-refractivity contribution in [2.45, 2.75) is 63.5 Å². The van der Waals surface area contributed by atoms with Crippen LogP contribution < -0.4 is 11.1 Å². The predicted octanol–water partition coefficient (Wildman–Crippen LogP) is 0.718. The summed E-state index contributed by atoms with van der Waals surface area (Å²) in [5, 5.41) is 20.6. The van der Waals surface area contributed by atoms with Gasteiger partial charge in [-0.1, -0.05) is 13.3 Å². The molecule has 5 N–H and O–H groups in total. The topological polar surface area (TPSA) is 130 Å². The minimum absolute atomic E-state index is 0.00551. The van der Waals surface area contributed by atoms with Gasteiger partial charge < -0.3 is 21.3 Å². The molecule has 7 nitrogen and oxygen atoms in total. The highest BCUT2D eigenvalue weighted by Crippen LogP contribution is 2.34. The van der Waals surface area contributed by atoms with Crippen LogP contribution in [-0.2, 0) is 14.4 Å². The fraction of sp³-hybridized carbons (Fsp3) is 0.786. The number of aliphatic carboxylic acids is 2. The van der Waals surface area contributed by atoms with Crippen LogP contribution in [0.5, 0.6) is 0 Å². The van der Waals surface area contributed by atoms with Crippen LogP contribution in [0.25, 0.3) is 0 Å². The Morgan fingerprint density at radius 3 is 2.29 bits per heavy atom. The third kappa shape index (κ3) is 4.70. The molecule has 0 aromatic rings. The highest BCUT2D eigenvalue weighted by Gasteiger charge is 2.43. The van der Waals surface area contributed by atoms with E-state index in [1.165, 1.54) is 0 Å². The first-order chi connectivity index (χ1) is 9.80. The lowest BCUT2D eigenvalue weighted by atomic mass is 9.75. The SMILES string of the molecule is CCC1CCC(NC(=O)C(N)CCC(=O)O)(C(=O)O)CC1. The van der Waals surface area contributed by atoms with Crippen molar-refractivity contribution in [2.24, 2.45) is 11.7 Å². The monoisotopic (exact) mass is 300 g/mol. The van der Waals surface area contributed by atoms with Gasteiger partial charge in [-0.15, -0.1) is 0 Å². The Balaban J connectivity index is 2.64. The molecule has 7 heteroatoms. The van der Waals surface area contributed by atoms with Gasteiger partial charge in [0.05, 0.1) is 6.04 Å². The second-order valence-corrected chi connectivity index (χ2v) is 5.77. The zero-order chi connectivity index (χ0) is 16.0. The van der Waals surface area contributed by atoms with Crippen LogP contribution in [0.3, 0.4) is 0 Å². The molecule has 1 aliphatic rings. The predicted molar refractivity (Wildman–Crippen MR) is 75.6 cm³/mol. The summed E-state index contributed by atoms with van der Waals surface area (Å²) >= 11 is 0. The average molecular weight is 300 g/mol. The summed E-state index contributed by atoms with van der Waals surface area (Å²) in [5.41, 5.74) is 4.37. The minimum atomic E-state index is -1.26. The van der Waals surface area contributed by atoms with Crippen molar-refractivity contribution in [3.8, 4) is 0 Å². The molecule has 1 fully saturated rings. The van der Waals surface area contributed by atoms with Crippen molar-refractivity contribution in [3.05, 3.63) is 0 Å². The molecule has 0 bridgehead atoms. The van der Waals surface area contributed by atoms with E-state index < -0.39 is 29.4 Å². The fourth-order valence-electron chi connectivity index (χ4n) is 2.71. The lowest BCUT2D eigenvalue weighted by Crippen LogP contribution is -2.59. The summed E-state index contributed by atoms with van der Waals surface area (Å²) in [7, 11) is 0. The fourth-order valence-corrected chi connectivity index (χ4v) is 2.71. The first-order valence-corrected chi connectivity index (χ1v) is 7.33. The molecule has 1 saturated carbocycles. The number of hydrogen-bond donors (Lipinski definition) is 4. The van der Waals surface area contributed by atoms with Gasteiger partial charge in [0.1, 0.15) is 5.54 Å². The highest BCUT2D eigenvalue weighted by molar-refractivity contribution is 5.89. The van der Waals surface area contributed by atoms with Crippen LogP contribution in [0.1, 0.15) is 51.9 Å². The Morgan fingerprint density at radius 2 is 1.86 bits per heavy atom. The molecule has 0 spiro atoms. The molecule has 1 unspecified atom stereocenters. The summed E-state index contributed by atoms with van der Waals surface area (Å²) in [6.07, 6.45) is 3.07. The van der Waals surface area contributed by atoms with Crippen molar-refractivity contribution >= 4 is 17.8 Å². The van der Waals surface area contributed by atoms with Crippen LogP contribution in [0.2, 0.25) is 0 Å². The molecule has 1 aliphatic carbocycles. The van der Waals surface area contributed by atoms with Crippen molar-refractivity contribution < 1.29 is 24.6 Å². The second-order valence-electron chi connectivity index (χ2n) is 5.77. The maximum Gasteiger partial charge on any atom is 0.329 e. The van der Waals surface area contributed by atoms with Gasteiger partial charge in [-0.05, 0) is 38.0 Å². The Morgan fingerprint density at radius 1 is 1.29 bits per heavy atom.